The molecule has 5 heteroatoms. The van der Waals surface area contributed by atoms with E-state index in [9.17, 15) is 0 Å². The summed E-state index contributed by atoms with van der Waals surface area (Å²) in [4.78, 5) is 0. The van der Waals surface area contributed by atoms with Gasteiger partial charge in [-0.1, -0.05) is 24.3 Å². The molecule has 0 radical (unpaired) electrons. The lowest BCUT2D eigenvalue weighted by atomic mass is 10.1. The molecular formula is C17H19N3O2. The number of hydrogen-bond donors (Lipinski definition) is 1. The van der Waals surface area contributed by atoms with Gasteiger partial charge in [0, 0.05) is 12.6 Å². The SMILES string of the molecule is COc1ccccc1C[C@@H](C)NCc1ccc2nonc2c1. The number of hydrogen-bond acceptors (Lipinski definition) is 5. The van der Waals surface area contributed by atoms with E-state index in [0.29, 0.717) is 6.04 Å². The Balaban J connectivity index is 1.60. The Labute approximate surface area is 129 Å². The van der Waals surface area contributed by atoms with Crippen LogP contribution in [0.2, 0.25) is 0 Å². The van der Waals surface area contributed by atoms with E-state index >= 15 is 0 Å². The van der Waals surface area contributed by atoms with Crippen molar-refractivity contribution in [3.05, 3.63) is 53.6 Å². The molecule has 0 aliphatic rings. The third kappa shape index (κ3) is 3.26. The van der Waals surface area contributed by atoms with Crippen LogP contribution in [0.25, 0.3) is 11.0 Å². The maximum absolute atomic E-state index is 5.39. The zero-order valence-corrected chi connectivity index (χ0v) is 12.7. The van der Waals surface area contributed by atoms with Gasteiger partial charge >= 0.3 is 0 Å². The molecule has 0 unspecified atom stereocenters. The quantitative estimate of drug-likeness (QED) is 0.758. The summed E-state index contributed by atoms with van der Waals surface area (Å²) < 4.78 is 10.1. The summed E-state index contributed by atoms with van der Waals surface area (Å²) >= 11 is 0. The predicted molar refractivity (Wildman–Crippen MR) is 84.8 cm³/mol. The van der Waals surface area contributed by atoms with Crippen molar-refractivity contribution >= 4 is 11.0 Å². The third-order valence-electron chi connectivity index (χ3n) is 3.69. The summed E-state index contributed by atoms with van der Waals surface area (Å²) in [5.74, 6) is 0.936. The Kier molecular flexibility index (Phi) is 4.34. The molecule has 1 aromatic heterocycles. The fraction of sp³-hybridized carbons (Fsp3) is 0.294. The normalized spacial score (nSPS) is 12.5. The second-order valence-electron chi connectivity index (χ2n) is 5.39. The van der Waals surface area contributed by atoms with Gasteiger partial charge < -0.3 is 10.1 Å². The molecule has 3 aromatic rings. The number of benzene rings is 2. The summed E-state index contributed by atoms with van der Waals surface area (Å²) in [6.45, 7) is 2.95. The molecule has 3 rings (SSSR count). The minimum atomic E-state index is 0.336. The standard InChI is InChI=1S/C17H19N3O2/c1-12(9-14-5-3-4-6-17(14)21-2)18-11-13-7-8-15-16(10-13)20-22-19-15/h3-8,10,12,18H,9,11H2,1-2H3/t12-/m1/s1. The minimum absolute atomic E-state index is 0.336. The summed E-state index contributed by atoms with van der Waals surface area (Å²) in [5.41, 5.74) is 3.94. The average molecular weight is 297 g/mol. The molecule has 1 atom stereocenters. The molecule has 0 spiro atoms. The minimum Gasteiger partial charge on any atom is -0.496 e. The number of nitrogens with zero attached hydrogens (tertiary/aromatic N) is 2. The Morgan fingerprint density at radius 1 is 1.14 bits per heavy atom. The molecule has 1 N–H and O–H groups in total. The van der Waals surface area contributed by atoms with Crippen LogP contribution >= 0.6 is 0 Å². The number of ether oxygens (including phenoxy) is 1. The largest absolute Gasteiger partial charge is 0.496 e. The highest BCUT2D eigenvalue weighted by Crippen LogP contribution is 2.19. The van der Waals surface area contributed by atoms with Crippen molar-refractivity contribution in [2.75, 3.05) is 7.11 Å². The topological polar surface area (TPSA) is 60.2 Å². The van der Waals surface area contributed by atoms with Crippen LogP contribution in [0.5, 0.6) is 5.75 Å². The van der Waals surface area contributed by atoms with Gasteiger partial charge in [0.1, 0.15) is 16.8 Å². The third-order valence-corrected chi connectivity index (χ3v) is 3.69. The molecule has 0 fully saturated rings. The summed E-state index contributed by atoms with van der Waals surface area (Å²) in [5, 5.41) is 11.2. The van der Waals surface area contributed by atoms with Gasteiger partial charge in [0.25, 0.3) is 0 Å². The van der Waals surface area contributed by atoms with Crippen LogP contribution in [-0.2, 0) is 13.0 Å². The molecule has 0 saturated carbocycles. The summed E-state index contributed by atoms with van der Waals surface area (Å²) in [6.07, 6.45) is 0.914. The Morgan fingerprint density at radius 2 is 1.95 bits per heavy atom. The van der Waals surface area contributed by atoms with E-state index in [0.717, 1.165) is 35.3 Å². The number of para-hydroxylation sites is 1. The van der Waals surface area contributed by atoms with Gasteiger partial charge in [-0.3, -0.25) is 0 Å². The van der Waals surface area contributed by atoms with Gasteiger partial charge in [0.2, 0.25) is 0 Å². The molecular weight excluding hydrogens is 278 g/mol. The van der Waals surface area contributed by atoms with E-state index in [1.807, 2.05) is 36.4 Å². The van der Waals surface area contributed by atoms with Crippen LogP contribution < -0.4 is 10.1 Å². The van der Waals surface area contributed by atoms with Crippen LogP contribution in [0.15, 0.2) is 47.1 Å². The number of nitrogens with one attached hydrogen (secondary N) is 1. The van der Waals surface area contributed by atoms with Crippen LogP contribution in [0.4, 0.5) is 0 Å². The Hall–Kier alpha value is -2.40. The van der Waals surface area contributed by atoms with Crippen LogP contribution in [0, 0.1) is 0 Å². The van der Waals surface area contributed by atoms with Crippen molar-refractivity contribution in [1.29, 1.82) is 0 Å². The van der Waals surface area contributed by atoms with Crippen LogP contribution in [-0.4, -0.2) is 23.5 Å². The van der Waals surface area contributed by atoms with E-state index < -0.39 is 0 Å². The van der Waals surface area contributed by atoms with Crippen molar-refractivity contribution < 1.29 is 9.37 Å². The van der Waals surface area contributed by atoms with Gasteiger partial charge in [-0.15, -0.1) is 0 Å². The molecule has 0 aliphatic carbocycles. The zero-order chi connectivity index (χ0) is 15.4. The molecule has 0 saturated heterocycles. The number of aromatic nitrogens is 2. The second kappa shape index (κ2) is 6.58. The highest BCUT2D eigenvalue weighted by Gasteiger charge is 2.08. The molecule has 2 aromatic carbocycles. The van der Waals surface area contributed by atoms with Gasteiger partial charge in [0.05, 0.1) is 7.11 Å². The fourth-order valence-corrected chi connectivity index (χ4v) is 2.50. The van der Waals surface area contributed by atoms with Gasteiger partial charge in [-0.2, -0.15) is 0 Å². The average Bonchev–Trinajstić information content (AvgIpc) is 3.01. The lowest BCUT2D eigenvalue weighted by molar-refractivity contribution is 0.315. The predicted octanol–water partition coefficient (Wildman–Crippen LogP) is 2.95. The second-order valence-corrected chi connectivity index (χ2v) is 5.39. The smallest absolute Gasteiger partial charge is 0.135 e. The highest BCUT2D eigenvalue weighted by molar-refractivity contribution is 5.73. The lowest BCUT2D eigenvalue weighted by Gasteiger charge is -2.16. The fourth-order valence-electron chi connectivity index (χ4n) is 2.50. The first-order chi connectivity index (χ1) is 10.8. The molecule has 0 bridgehead atoms. The van der Waals surface area contributed by atoms with Crippen molar-refractivity contribution in [1.82, 2.24) is 15.6 Å². The van der Waals surface area contributed by atoms with E-state index in [4.69, 9.17) is 9.37 Å². The zero-order valence-electron chi connectivity index (χ0n) is 12.7. The monoisotopic (exact) mass is 297 g/mol. The molecule has 1 heterocycles. The maximum atomic E-state index is 5.39. The van der Waals surface area contributed by atoms with Crippen LogP contribution in [0.3, 0.4) is 0 Å². The van der Waals surface area contributed by atoms with Crippen LogP contribution in [0.1, 0.15) is 18.1 Å². The Bertz CT molecular complexity index is 754. The molecule has 0 amide bonds. The van der Waals surface area contributed by atoms with E-state index in [2.05, 4.69) is 28.6 Å². The van der Waals surface area contributed by atoms with Crippen molar-refractivity contribution in [2.45, 2.75) is 25.9 Å². The molecule has 22 heavy (non-hydrogen) atoms. The van der Waals surface area contributed by atoms with Gasteiger partial charge in [-0.25, -0.2) is 4.63 Å². The van der Waals surface area contributed by atoms with E-state index in [1.54, 1.807) is 7.11 Å². The summed E-state index contributed by atoms with van der Waals surface area (Å²) in [7, 11) is 1.71. The summed E-state index contributed by atoms with van der Waals surface area (Å²) in [6, 6.07) is 14.4. The van der Waals surface area contributed by atoms with Gasteiger partial charge in [-0.05, 0) is 53.0 Å². The first kappa shape index (κ1) is 14.5. The molecule has 0 aliphatic heterocycles. The van der Waals surface area contributed by atoms with Gasteiger partial charge in [0.15, 0.2) is 0 Å². The van der Waals surface area contributed by atoms with Crippen molar-refractivity contribution in [3.63, 3.8) is 0 Å². The lowest BCUT2D eigenvalue weighted by Crippen LogP contribution is -2.27. The first-order valence-corrected chi connectivity index (χ1v) is 7.33. The van der Waals surface area contributed by atoms with Crippen molar-refractivity contribution in [3.8, 4) is 5.75 Å². The highest BCUT2D eigenvalue weighted by atomic mass is 16.6. The molecule has 5 nitrogen and oxygen atoms in total. The van der Waals surface area contributed by atoms with Crippen molar-refractivity contribution in [2.24, 2.45) is 0 Å². The number of methoxy groups -OCH3 is 1. The van der Waals surface area contributed by atoms with E-state index in [1.165, 1.54) is 5.56 Å². The number of rotatable bonds is 6. The Morgan fingerprint density at radius 3 is 2.82 bits per heavy atom. The first-order valence-electron chi connectivity index (χ1n) is 7.33. The van der Waals surface area contributed by atoms with E-state index in [-0.39, 0.29) is 0 Å². The molecule has 114 valence electrons. The number of fused-ring (bicyclic) bond motifs is 1. The maximum Gasteiger partial charge on any atom is 0.135 e.